The summed E-state index contributed by atoms with van der Waals surface area (Å²) in [5.41, 5.74) is 2.40. The first-order valence-electron chi connectivity index (χ1n) is 6.37. The van der Waals surface area contributed by atoms with Crippen molar-refractivity contribution in [3.63, 3.8) is 0 Å². The third-order valence-electron chi connectivity index (χ3n) is 3.17. The van der Waals surface area contributed by atoms with Crippen LogP contribution in [0, 0.1) is 12.3 Å². The third kappa shape index (κ3) is 4.37. The number of nitrogens with one attached hydrogen (secondary N) is 1. The largest absolute Gasteiger partial charge is 0.396 e. The maximum Gasteiger partial charge on any atom is 0.0739 e. The van der Waals surface area contributed by atoms with Gasteiger partial charge in [-0.3, -0.25) is 4.68 Å². The minimum absolute atomic E-state index is 0.211. The van der Waals surface area contributed by atoms with Crippen LogP contribution >= 0.6 is 15.9 Å². The van der Waals surface area contributed by atoms with Crippen molar-refractivity contribution in [3.05, 3.63) is 15.9 Å². The van der Waals surface area contributed by atoms with Crippen molar-refractivity contribution >= 4 is 15.9 Å². The van der Waals surface area contributed by atoms with E-state index in [2.05, 4.69) is 40.2 Å². The smallest absolute Gasteiger partial charge is 0.0739 e. The fraction of sp³-hybridized carbons (Fsp3) is 0.769. The Morgan fingerprint density at radius 3 is 2.61 bits per heavy atom. The lowest BCUT2D eigenvalue weighted by Crippen LogP contribution is -2.30. The molecule has 4 nitrogen and oxygen atoms in total. The number of aliphatic hydroxyl groups is 1. The standard InChI is InChI=1S/C13H24BrN3O/c1-10-12(14)11(17(4)16-10)8-15-9-13(2,3)6-5-7-18/h15,18H,5-9H2,1-4H3. The highest BCUT2D eigenvalue weighted by Crippen LogP contribution is 2.22. The van der Waals surface area contributed by atoms with Crippen LogP contribution in [0.2, 0.25) is 0 Å². The molecule has 5 heteroatoms. The van der Waals surface area contributed by atoms with Gasteiger partial charge in [-0.25, -0.2) is 0 Å². The second-order valence-electron chi connectivity index (χ2n) is 5.56. The van der Waals surface area contributed by atoms with E-state index in [0.29, 0.717) is 0 Å². The normalized spacial score (nSPS) is 12.1. The molecule has 0 aliphatic heterocycles. The Balaban J connectivity index is 2.46. The first kappa shape index (κ1) is 15.7. The molecule has 1 heterocycles. The van der Waals surface area contributed by atoms with Gasteiger partial charge in [-0.05, 0) is 41.1 Å². The minimum Gasteiger partial charge on any atom is -0.396 e. The van der Waals surface area contributed by atoms with Gasteiger partial charge in [0.2, 0.25) is 0 Å². The van der Waals surface area contributed by atoms with Crippen molar-refractivity contribution in [1.29, 1.82) is 0 Å². The van der Waals surface area contributed by atoms with Crippen LogP contribution in [0.15, 0.2) is 4.47 Å². The molecule has 0 bridgehead atoms. The topological polar surface area (TPSA) is 50.1 Å². The van der Waals surface area contributed by atoms with E-state index in [9.17, 15) is 0 Å². The van der Waals surface area contributed by atoms with Crippen molar-refractivity contribution in [2.45, 2.75) is 40.2 Å². The zero-order valence-corrected chi connectivity index (χ0v) is 13.3. The molecule has 0 radical (unpaired) electrons. The average Bonchev–Trinajstić information content (AvgIpc) is 2.53. The molecule has 0 aromatic carbocycles. The number of aryl methyl sites for hydroxylation is 2. The molecule has 18 heavy (non-hydrogen) atoms. The van der Waals surface area contributed by atoms with E-state index in [1.54, 1.807) is 0 Å². The zero-order chi connectivity index (χ0) is 13.8. The summed E-state index contributed by atoms with van der Waals surface area (Å²) < 4.78 is 3.00. The van der Waals surface area contributed by atoms with Crippen molar-refractivity contribution < 1.29 is 5.11 Å². The maximum atomic E-state index is 8.87. The van der Waals surface area contributed by atoms with E-state index in [0.717, 1.165) is 36.1 Å². The Kier molecular flexibility index (Phi) is 5.82. The molecule has 1 rings (SSSR count). The number of aliphatic hydroxyl groups excluding tert-OH is 1. The van der Waals surface area contributed by atoms with E-state index in [4.69, 9.17) is 5.11 Å². The summed E-state index contributed by atoms with van der Waals surface area (Å²) in [7, 11) is 1.96. The van der Waals surface area contributed by atoms with Crippen molar-refractivity contribution in [2.24, 2.45) is 12.5 Å². The Labute approximate surface area is 118 Å². The molecule has 1 aromatic heterocycles. The van der Waals surface area contributed by atoms with Gasteiger partial charge in [0.1, 0.15) is 0 Å². The van der Waals surface area contributed by atoms with Crippen molar-refractivity contribution in [1.82, 2.24) is 15.1 Å². The Bertz CT molecular complexity index is 388. The van der Waals surface area contributed by atoms with Crippen molar-refractivity contribution in [3.8, 4) is 0 Å². The molecule has 0 unspecified atom stereocenters. The maximum absolute atomic E-state index is 8.87. The first-order valence-corrected chi connectivity index (χ1v) is 7.16. The lowest BCUT2D eigenvalue weighted by atomic mass is 9.88. The predicted molar refractivity (Wildman–Crippen MR) is 77.5 cm³/mol. The molecule has 0 atom stereocenters. The molecule has 1 aromatic rings. The Morgan fingerprint density at radius 1 is 1.44 bits per heavy atom. The molecule has 0 fully saturated rings. The van der Waals surface area contributed by atoms with Gasteiger partial charge in [0.15, 0.2) is 0 Å². The van der Waals surface area contributed by atoms with Crippen molar-refractivity contribution in [2.75, 3.05) is 13.2 Å². The molecule has 0 saturated heterocycles. The molecular formula is C13H24BrN3O. The van der Waals surface area contributed by atoms with E-state index in [1.165, 1.54) is 5.69 Å². The highest BCUT2D eigenvalue weighted by Gasteiger charge is 2.17. The lowest BCUT2D eigenvalue weighted by Gasteiger charge is -2.24. The van der Waals surface area contributed by atoms with Crippen LogP contribution in [0.25, 0.3) is 0 Å². The number of halogens is 1. The molecule has 104 valence electrons. The zero-order valence-electron chi connectivity index (χ0n) is 11.8. The summed E-state index contributed by atoms with van der Waals surface area (Å²) >= 11 is 3.57. The minimum atomic E-state index is 0.211. The molecule has 0 spiro atoms. The van der Waals surface area contributed by atoms with Gasteiger partial charge in [-0.15, -0.1) is 0 Å². The summed E-state index contributed by atoms with van der Waals surface area (Å²) in [5.74, 6) is 0. The van der Waals surface area contributed by atoms with Crippen LogP contribution in [-0.4, -0.2) is 28.0 Å². The van der Waals surface area contributed by atoms with Gasteiger partial charge in [-0.1, -0.05) is 13.8 Å². The van der Waals surface area contributed by atoms with Crippen LogP contribution in [0.1, 0.15) is 38.1 Å². The van der Waals surface area contributed by atoms with Crippen LogP contribution in [0.5, 0.6) is 0 Å². The SMILES string of the molecule is Cc1nn(C)c(CNCC(C)(C)CCCO)c1Br. The summed E-state index contributed by atoms with van der Waals surface area (Å²) in [4.78, 5) is 0. The molecule has 0 saturated carbocycles. The fourth-order valence-corrected chi connectivity index (χ4v) is 2.51. The average molecular weight is 318 g/mol. The van der Waals surface area contributed by atoms with Gasteiger partial charge < -0.3 is 10.4 Å². The van der Waals surface area contributed by atoms with Gasteiger partial charge in [0.05, 0.1) is 15.9 Å². The summed E-state index contributed by atoms with van der Waals surface area (Å²) in [5, 5.41) is 16.7. The fourth-order valence-electron chi connectivity index (χ4n) is 2.04. The number of nitrogens with zero attached hydrogens (tertiary/aromatic N) is 2. The van der Waals surface area contributed by atoms with Crippen LogP contribution < -0.4 is 5.32 Å². The van der Waals surface area contributed by atoms with E-state index >= 15 is 0 Å². The number of rotatable bonds is 7. The molecule has 0 aliphatic carbocycles. The first-order chi connectivity index (χ1) is 8.37. The summed E-state index contributed by atoms with van der Waals surface area (Å²) in [6.45, 7) is 8.46. The van der Waals surface area contributed by atoms with Crippen LogP contribution in [0.4, 0.5) is 0 Å². The summed E-state index contributed by atoms with van der Waals surface area (Å²) in [6, 6.07) is 0. The van der Waals surface area contributed by atoms with Crippen LogP contribution in [-0.2, 0) is 13.6 Å². The monoisotopic (exact) mass is 317 g/mol. The Hall–Kier alpha value is -0.390. The molecule has 0 aliphatic rings. The highest BCUT2D eigenvalue weighted by molar-refractivity contribution is 9.10. The Morgan fingerprint density at radius 2 is 2.11 bits per heavy atom. The number of hydrogen-bond acceptors (Lipinski definition) is 3. The third-order valence-corrected chi connectivity index (χ3v) is 4.20. The van der Waals surface area contributed by atoms with E-state index in [1.807, 2.05) is 18.7 Å². The van der Waals surface area contributed by atoms with Gasteiger partial charge in [-0.2, -0.15) is 5.10 Å². The van der Waals surface area contributed by atoms with Gasteiger partial charge in [0, 0.05) is 26.7 Å². The highest BCUT2D eigenvalue weighted by atomic mass is 79.9. The quantitative estimate of drug-likeness (QED) is 0.811. The second kappa shape index (κ2) is 6.68. The predicted octanol–water partition coefficient (Wildman–Crippen LogP) is 2.38. The second-order valence-corrected chi connectivity index (χ2v) is 6.36. The van der Waals surface area contributed by atoms with E-state index in [-0.39, 0.29) is 12.0 Å². The number of hydrogen-bond donors (Lipinski definition) is 2. The molecule has 2 N–H and O–H groups in total. The molecular weight excluding hydrogens is 294 g/mol. The number of aromatic nitrogens is 2. The van der Waals surface area contributed by atoms with Crippen LogP contribution in [0.3, 0.4) is 0 Å². The lowest BCUT2D eigenvalue weighted by molar-refractivity contribution is 0.236. The summed E-state index contributed by atoms with van der Waals surface area (Å²) in [6.07, 6.45) is 1.89. The van der Waals surface area contributed by atoms with Gasteiger partial charge in [0.25, 0.3) is 0 Å². The van der Waals surface area contributed by atoms with E-state index < -0.39 is 0 Å². The van der Waals surface area contributed by atoms with Gasteiger partial charge >= 0.3 is 0 Å². The molecule has 0 amide bonds.